The minimum absolute atomic E-state index is 0. The summed E-state index contributed by atoms with van der Waals surface area (Å²) >= 11 is 0. The number of aromatic nitrogens is 1. The molecule has 1 aliphatic carbocycles. The molecule has 2 aromatic rings. The summed E-state index contributed by atoms with van der Waals surface area (Å²) in [6.45, 7) is 4.35. The first-order chi connectivity index (χ1) is 10.6. The summed E-state index contributed by atoms with van der Waals surface area (Å²) in [5, 5.41) is 2.98. The fourth-order valence-electron chi connectivity index (χ4n) is 2.74. The van der Waals surface area contributed by atoms with Gasteiger partial charge in [-0.25, -0.2) is 4.98 Å². The summed E-state index contributed by atoms with van der Waals surface area (Å²) in [5.74, 6) is 1.28. The number of nitrogens with two attached hydrogens (primary N) is 1. The lowest BCUT2D eigenvalue weighted by molar-refractivity contribution is -0.125. The molecule has 0 bridgehead atoms. The van der Waals surface area contributed by atoms with E-state index in [1.54, 1.807) is 0 Å². The van der Waals surface area contributed by atoms with Gasteiger partial charge in [0.2, 0.25) is 5.91 Å². The molecule has 0 atom stereocenters. The van der Waals surface area contributed by atoms with E-state index in [9.17, 15) is 4.79 Å². The number of rotatable bonds is 6. The Morgan fingerprint density at radius 1 is 1.39 bits per heavy atom. The van der Waals surface area contributed by atoms with E-state index in [-0.39, 0.29) is 18.3 Å². The van der Waals surface area contributed by atoms with Gasteiger partial charge in [-0.3, -0.25) is 4.79 Å². The molecular weight excluding hydrogens is 314 g/mol. The number of anilines is 1. The van der Waals surface area contributed by atoms with E-state index in [1.807, 2.05) is 32.0 Å². The Morgan fingerprint density at radius 3 is 2.65 bits per heavy atom. The van der Waals surface area contributed by atoms with Gasteiger partial charge in [0.25, 0.3) is 0 Å². The molecule has 1 heterocycles. The van der Waals surface area contributed by atoms with Gasteiger partial charge in [-0.05, 0) is 43.9 Å². The van der Waals surface area contributed by atoms with E-state index in [4.69, 9.17) is 10.2 Å². The molecule has 3 N–H and O–H groups in total. The van der Waals surface area contributed by atoms with Crippen LogP contribution in [-0.4, -0.2) is 17.4 Å². The van der Waals surface area contributed by atoms with E-state index in [2.05, 4.69) is 10.3 Å². The van der Waals surface area contributed by atoms with E-state index >= 15 is 0 Å². The fourth-order valence-corrected chi connectivity index (χ4v) is 2.74. The molecule has 3 rings (SSSR count). The number of oxazole rings is 1. The average Bonchev–Trinajstić information content (AvgIpc) is 3.29. The van der Waals surface area contributed by atoms with Crippen molar-refractivity contribution in [1.82, 2.24) is 4.98 Å². The van der Waals surface area contributed by atoms with Crippen LogP contribution in [0, 0.1) is 5.41 Å². The molecule has 23 heavy (non-hydrogen) atoms. The number of halogens is 1. The lowest BCUT2D eigenvalue weighted by atomic mass is 9.81. The van der Waals surface area contributed by atoms with E-state index < -0.39 is 5.41 Å². The zero-order valence-electron chi connectivity index (χ0n) is 13.6. The first kappa shape index (κ1) is 17.8. The van der Waals surface area contributed by atoms with Crippen molar-refractivity contribution in [2.75, 3.05) is 11.9 Å². The van der Waals surface area contributed by atoms with Crippen LogP contribution in [0.2, 0.25) is 0 Å². The van der Waals surface area contributed by atoms with Crippen molar-refractivity contribution >= 4 is 35.1 Å². The molecule has 1 aliphatic rings. The number of amides is 1. The largest absolute Gasteiger partial charge is 0.440 e. The highest BCUT2D eigenvalue weighted by atomic mass is 35.5. The molecule has 1 saturated carbocycles. The highest BCUT2D eigenvalue weighted by molar-refractivity contribution is 5.96. The quantitative estimate of drug-likeness (QED) is 0.839. The maximum Gasteiger partial charge on any atom is 0.231 e. The van der Waals surface area contributed by atoms with Gasteiger partial charge in [-0.15, -0.1) is 12.4 Å². The van der Waals surface area contributed by atoms with Gasteiger partial charge >= 0.3 is 0 Å². The van der Waals surface area contributed by atoms with Crippen LogP contribution < -0.4 is 11.1 Å². The third kappa shape index (κ3) is 3.35. The number of carbonyl (C=O) groups is 1. The van der Waals surface area contributed by atoms with Crippen molar-refractivity contribution in [2.45, 2.75) is 45.4 Å². The number of hydrogen-bond donors (Lipinski definition) is 2. The number of nitrogens with zero attached hydrogens (tertiary/aromatic N) is 1. The Kier molecular flexibility index (Phi) is 5.32. The molecule has 1 amide bonds. The number of fused-ring (bicyclic) bond motifs is 1. The Bertz CT molecular complexity index is 682. The molecule has 1 fully saturated rings. The maximum absolute atomic E-state index is 12.6. The lowest BCUT2D eigenvalue weighted by Crippen LogP contribution is -2.41. The molecule has 6 heteroatoms. The maximum atomic E-state index is 12.6. The zero-order valence-corrected chi connectivity index (χ0v) is 14.4. The SMILES string of the molecule is CCC(CC)(CN)C(=O)Nc1ccc2oc(C3CC3)nc2c1.Cl. The van der Waals surface area contributed by atoms with Crippen LogP contribution >= 0.6 is 12.4 Å². The van der Waals surface area contributed by atoms with Crippen molar-refractivity contribution in [3.05, 3.63) is 24.1 Å². The Labute approximate surface area is 142 Å². The Hall–Kier alpha value is -1.59. The van der Waals surface area contributed by atoms with Crippen LogP contribution in [0.25, 0.3) is 11.1 Å². The van der Waals surface area contributed by atoms with Crippen LogP contribution in [-0.2, 0) is 4.79 Å². The fraction of sp³-hybridized carbons (Fsp3) is 0.529. The number of carbonyl (C=O) groups excluding carboxylic acids is 1. The van der Waals surface area contributed by atoms with Gasteiger partial charge in [-0.2, -0.15) is 0 Å². The van der Waals surface area contributed by atoms with Gasteiger partial charge in [0.05, 0.1) is 5.41 Å². The van der Waals surface area contributed by atoms with Crippen molar-refractivity contribution in [1.29, 1.82) is 0 Å². The van der Waals surface area contributed by atoms with Gasteiger partial charge in [0, 0.05) is 18.2 Å². The predicted molar refractivity (Wildman–Crippen MR) is 93.9 cm³/mol. The molecule has 0 unspecified atom stereocenters. The molecule has 0 saturated heterocycles. The third-order valence-corrected chi connectivity index (χ3v) is 4.81. The lowest BCUT2D eigenvalue weighted by Gasteiger charge is -2.28. The van der Waals surface area contributed by atoms with E-state index in [1.165, 1.54) is 0 Å². The molecule has 5 nitrogen and oxygen atoms in total. The summed E-state index contributed by atoms with van der Waals surface area (Å²) in [6, 6.07) is 5.59. The van der Waals surface area contributed by atoms with Crippen molar-refractivity contribution in [3.63, 3.8) is 0 Å². The molecule has 1 aromatic carbocycles. The van der Waals surface area contributed by atoms with E-state index in [0.717, 1.165) is 48.4 Å². The van der Waals surface area contributed by atoms with Crippen molar-refractivity contribution < 1.29 is 9.21 Å². The van der Waals surface area contributed by atoms with Crippen molar-refractivity contribution in [2.24, 2.45) is 11.1 Å². The van der Waals surface area contributed by atoms with Crippen molar-refractivity contribution in [3.8, 4) is 0 Å². The van der Waals surface area contributed by atoms with Gasteiger partial charge in [-0.1, -0.05) is 13.8 Å². The molecule has 1 aromatic heterocycles. The highest BCUT2D eigenvalue weighted by Crippen LogP contribution is 2.40. The highest BCUT2D eigenvalue weighted by Gasteiger charge is 2.33. The molecule has 126 valence electrons. The second-order valence-corrected chi connectivity index (χ2v) is 6.15. The predicted octanol–water partition coefficient (Wildman–Crippen LogP) is 3.83. The minimum atomic E-state index is -0.502. The normalized spacial score (nSPS) is 14.6. The average molecular weight is 338 g/mol. The summed E-state index contributed by atoms with van der Waals surface area (Å²) < 4.78 is 5.74. The minimum Gasteiger partial charge on any atom is -0.440 e. The summed E-state index contributed by atoms with van der Waals surface area (Å²) in [4.78, 5) is 17.1. The Morgan fingerprint density at radius 2 is 2.09 bits per heavy atom. The number of hydrogen-bond acceptors (Lipinski definition) is 4. The van der Waals surface area contributed by atoms with Crippen LogP contribution in [0.3, 0.4) is 0 Å². The topological polar surface area (TPSA) is 81.2 Å². The van der Waals surface area contributed by atoms with Crippen LogP contribution in [0.5, 0.6) is 0 Å². The van der Waals surface area contributed by atoms with Crippen LogP contribution in [0.4, 0.5) is 5.69 Å². The zero-order chi connectivity index (χ0) is 15.7. The van der Waals surface area contributed by atoms with Gasteiger partial charge in [0.1, 0.15) is 5.52 Å². The van der Waals surface area contributed by atoms with Crippen LogP contribution in [0.15, 0.2) is 22.6 Å². The first-order valence-corrected chi connectivity index (χ1v) is 8.04. The molecular formula is C17H24ClN3O2. The monoisotopic (exact) mass is 337 g/mol. The summed E-state index contributed by atoms with van der Waals surface area (Å²) in [7, 11) is 0. The second-order valence-electron chi connectivity index (χ2n) is 6.15. The summed E-state index contributed by atoms with van der Waals surface area (Å²) in [5.41, 5.74) is 7.64. The first-order valence-electron chi connectivity index (χ1n) is 8.04. The van der Waals surface area contributed by atoms with E-state index in [0.29, 0.717) is 12.5 Å². The van der Waals surface area contributed by atoms with Gasteiger partial charge < -0.3 is 15.5 Å². The smallest absolute Gasteiger partial charge is 0.231 e. The summed E-state index contributed by atoms with van der Waals surface area (Å²) in [6.07, 6.45) is 3.76. The molecule has 0 aliphatic heterocycles. The molecule has 0 radical (unpaired) electrons. The Balaban J connectivity index is 0.00000192. The number of nitrogens with one attached hydrogen (secondary N) is 1. The van der Waals surface area contributed by atoms with Crippen LogP contribution in [0.1, 0.15) is 51.3 Å². The number of benzene rings is 1. The molecule has 0 spiro atoms. The third-order valence-electron chi connectivity index (χ3n) is 4.81. The standard InChI is InChI=1S/C17H23N3O2.ClH/c1-3-17(4-2,10-18)16(21)19-12-7-8-14-13(9-12)20-15(22-14)11-5-6-11;/h7-9,11H,3-6,10,18H2,1-2H3,(H,19,21);1H. The van der Waals surface area contributed by atoms with Gasteiger partial charge in [0.15, 0.2) is 11.5 Å². The second kappa shape index (κ2) is 6.89.